The van der Waals surface area contributed by atoms with Crippen molar-refractivity contribution in [3.05, 3.63) is 40.4 Å². The van der Waals surface area contributed by atoms with Crippen molar-refractivity contribution in [2.75, 3.05) is 6.54 Å². The number of unbranched alkanes of at least 4 members (excludes halogenated alkanes) is 3. The van der Waals surface area contributed by atoms with Crippen molar-refractivity contribution in [2.24, 2.45) is 7.05 Å². The molecule has 0 bridgehead atoms. The van der Waals surface area contributed by atoms with E-state index >= 15 is 0 Å². The largest absolute Gasteiger partial charge is 0.338 e. The van der Waals surface area contributed by atoms with E-state index in [2.05, 4.69) is 24.1 Å². The molecule has 0 amide bonds. The van der Waals surface area contributed by atoms with Gasteiger partial charge in [-0.05, 0) is 31.9 Å². The maximum Gasteiger partial charge on any atom is 0.261 e. The van der Waals surface area contributed by atoms with Crippen molar-refractivity contribution in [3.63, 3.8) is 0 Å². The van der Waals surface area contributed by atoms with Crippen LogP contribution in [0.4, 0.5) is 0 Å². The first kappa shape index (κ1) is 15.7. The molecule has 2 aromatic rings. The minimum atomic E-state index is 0.0434. The zero-order valence-corrected chi connectivity index (χ0v) is 13.3. The van der Waals surface area contributed by atoms with Crippen LogP contribution in [0.5, 0.6) is 0 Å². The zero-order valence-electron chi connectivity index (χ0n) is 13.3. The Hall–Kier alpha value is -1.68. The van der Waals surface area contributed by atoms with Crippen molar-refractivity contribution in [1.29, 1.82) is 0 Å². The second-order valence-electron chi connectivity index (χ2n) is 5.73. The molecule has 2 N–H and O–H groups in total. The molecule has 0 unspecified atom stereocenters. The number of hydrogen-bond acceptors (Lipinski definition) is 2. The van der Waals surface area contributed by atoms with E-state index in [1.54, 1.807) is 4.57 Å². The smallest absolute Gasteiger partial charge is 0.261 e. The molecule has 0 aliphatic rings. The van der Waals surface area contributed by atoms with E-state index in [4.69, 9.17) is 0 Å². The summed E-state index contributed by atoms with van der Waals surface area (Å²) in [5, 5.41) is 2.98. The molecule has 4 heteroatoms. The highest BCUT2D eigenvalue weighted by Gasteiger charge is 2.16. The first-order valence-electron chi connectivity index (χ1n) is 7.94. The molecule has 0 radical (unpaired) electrons. The Morgan fingerprint density at radius 3 is 2.76 bits per heavy atom. The highest BCUT2D eigenvalue weighted by Crippen LogP contribution is 2.10. The van der Waals surface area contributed by atoms with Crippen LogP contribution in [-0.4, -0.2) is 16.1 Å². The van der Waals surface area contributed by atoms with Gasteiger partial charge in [0.05, 0.1) is 17.4 Å². The van der Waals surface area contributed by atoms with Crippen LogP contribution in [0.25, 0.3) is 10.9 Å². The summed E-state index contributed by atoms with van der Waals surface area (Å²) in [4.78, 5) is 17.1. The molecule has 21 heavy (non-hydrogen) atoms. The molecule has 0 aliphatic heterocycles. The molecule has 4 nitrogen and oxygen atoms in total. The monoisotopic (exact) mass is 288 g/mol. The van der Waals surface area contributed by atoms with Gasteiger partial charge < -0.3 is 5.32 Å². The Bertz CT molecular complexity index is 648. The molecule has 0 fully saturated rings. The van der Waals surface area contributed by atoms with Gasteiger partial charge >= 0.3 is 0 Å². The van der Waals surface area contributed by atoms with Crippen molar-refractivity contribution in [2.45, 2.75) is 45.6 Å². The number of rotatable bonds is 7. The van der Waals surface area contributed by atoms with Crippen molar-refractivity contribution < 1.29 is 5.32 Å². The third-order valence-electron chi connectivity index (χ3n) is 4.00. The third-order valence-corrected chi connectivity index (χ3v) is 4.00. The lowest BCUT2D eigenvalue weighted by atomic mass is 10.2. The minimum Gasteiger partial charge on any atom is -0.338 e. The van der Waals surface area contributed by atoms with Gasteiger partial charge in [-0.25, -0.2) is 4.98 Å². The van der Waals surface area contributed by atoms with Crippen molar-refractivity contribution in [3.8, 4) is 0 Å². The van der Waals surface area contributed by atoms with Gasteiger partial charge in [0, 0.05) is 7.05 Å². The van der Waals surface area contributed by atoms with Crippen LogP contribution in [0.15, 0.2) is 29.1 Å². The van der Waals surface area contributed by atoms with E-state index in [1.165, 1.54) is 25.7 Å². The SMILES string of the molecule is CCCCCC[NH2+][C@@H](C)c1nc2ccccc2c(=O)n1C. The summed E-state index contributed by atoms with van der Waals surface area (Å²) in [5.74, 6) is 0.856. The van der Waals surface area contributed by atoms with Crippen LogP contribution in [0.3, 0.4) is 0 Å². The topological polar surface area (TPSA) is 51.5 Å². The number of nitrogens with zero attached hydrogens (tertiary/aromatic N) is 2. The number of para-hydroxylation sites is 1. The normalized spacial score (nSPS) is 12.7. The summed E-state index contributed by atoms with van der Waals surface area (Å²) in [6.45, 7) is 5.43. The Morgan fingerprint density at radius 1 is 1.24 bits per heavy atom. The van der Waals surface area contributed by atoms with Gasteiger partial charge in [-0.1, -0.05) is 31.9 Å². The lowest BCUT2D eigenvalue weighted by Gasteiger charge is -2.14. The molecule has 1 heterocycles. The van der Waals surface area contributed by atoms with Gasteiger partial charge in [0.25, 0.3) is 5.56 Å². The quantitative estimate of drug-likeness (QED) is 0.794. The van der Waals surface area contributed by atoms with E-state index in [0.717, 1.165) is 17.9 Å². The van der Waals surface area contributed by atoms with Gasteiger partial charge in [0.15, 0.2) is 5.82 Å². The fourth-order valence-electron chi connectivity index (χ4n) is 2.69. The van der Waals surface area contributed by atoms with Crippen LogP contribution in [-0.2, 0) is 7.05 Å². The molecule has 114 valence electrons. The van der Waals surface area contributed by atoms with Crippen molar-refractivity contribution in [1.82, 2.24) is 9.55 Å². The number of aromatic nitrogens is 2. The molecule has 2 rings (SSSR count). The van der Waals surface area contributed by atoms with Crippen LogP contribution in [0.2, 0.25) is 0 Å². The maximum atomic E-state index is 12.4. The standard InChI is InChI=1S/C17H25N3O/c1-4-5-6-9-12-18-13(2)16-19-15-11-8-7-10-14(15)17(21)20(16)3/h7-8,10-11,13,18H,4-6,9,12H2,1-3H3/p+1/t13-/m0/s1. The Balaban J connectivity index is 2.14. The molecule has 0 saturated heterocycles. The molecule has 0 saturated carbocycles. The molecular formula is C17H26N3O+. The summed E-state index contributed by atoms with van der Waals surface area (Å²) in [6.07, 6.45) is 5.06. The van der Waals surface area contributed by atoms with Crippen molar-refractivity contribution >= 4 is 10.9 Å². The van der Waals surface area contributed by atoms with Crippen LogP contribution >= 0.6 is 0 Å². The highest BCUT2D eigenvalue weighted by molar-refractivity contribution is 5.77. The number of quaternary nitrogens is 1. The second kappa shape index (κ2) is 7.36. The Kier molecular flexibility index (Phi) is 5.51. The predicted molar refractivity (Wildman–Crippen MR) is 86.3 cm³/mol. The summed E-state index contributed by atoms with van der Waals surface area (Å²) >= 11 is 0. The lowest BCUT2D eigenvalue weighted by molar-refractivity contribution is -0.694. The maximum absolute atomic E-state index is 12.4. The number of fused-ring (bicyclic) bond motifs is 1. The zero-order chi connectivity index (χ0) is 15.2. The molecular weight excluding hydrogens is 262 g/mol. The van der Waals surface area contributed by atoms with E-state index in [0.29, 0.717) is 5.39 Å². The summed E-state index contributed by atoms with van der Waals surface area (Å²) in [6, 6.07) is 7.77. The molecule has 1 aromatic carbocycles. The first-order valence-corrected chi connectivity index (χ1v) is 7.94. The molecule has 0 spiro atoms. The van der Waals surface area contributed by atoms with Crippen LogP contribution < -0.4 is 10.9 Å². The van der Waals surface area contributed by atoms with Gasteiger partial charge in [-0.3, -0.25) is 9.36 Å². The molecule has 1 atom stereocenters. The summed E-state index contributed by atoms with van der Waals surface area (Å²) in [5.41, 5.74) is 0.837. The number of benzene rings is 1. The molecule has 0 aliphatic carbocycles. The van der Waals surface area contributed by atoms with Crippen LogP contribution in [0, 0.1) is 0 Å². The summed E-state index contributed by atoms with van der Waals surface area (Å²) < 4.78 is 1.69. The van der Waals surface area contributed by atoms with E-state index < -0.39 is 0 Å². The third kappa shape index (κ3) is 3.70. The average molecular weight is 288 g/mol. The van der Waals surface area contributed by atoms with E-state index in [-0.39, 0.29) is 11.6 Å². The first-order chi connectivity index (χ1) is 10.1. The number of hydrogen-bond donors (Lipinski definition) is 1. The predicted octanol–water partition coefficient (Wildman–Crippen LogP) is 2.14. The van der Waals surface area contributed by atoms with Gasteiger partial charge in [-0.2, -0.15) is 0 Å². The fourth-order valence-corrected chi connectivity index (χ4v) is 2.69. The summed E-state index contributed by atoms with van der Waals surface area (Å²) in [7, 11) is 1.82. The lowest BCUT2D eigenvalue weighted by Crippen LogP contribution is -2.85. The van der Waals surface area contributed by atoms with Gasteiger partial charge in [0.1, 0.15) is 6.04 Å². The Morgan fingerprint density at radius 2 is 2.00 bits per heavy atom. The molecule has 1 aromatic heterocycles. The van der Waals surface area contributed by atoms with E-state index in [9.17, 15) is 4.79 Å². The van der Waals surface area contributed by atoms with E-state index in [1.807, 2.05) is 31.3 Å². The highest BCUT2D eigenvalue weighted by atomic mass is 16.1. The minimum absolute atomic E-state index is 0.0434. The average Bonchev–Trinajstić information content (AvgIpc) is 2.50. The number of nitrogens with two attached hydrogens (primary N) is 1. The Labute approximate surface area is 126 Å². The second-order valence-corrected chi connectivity index (χ2v) is 5.73. The van der Waals surface area contributed by atoms with Crippen LogP contribution in [0.1, 0.15) is 51.4 Å². The van der Waals surface area contributed by atoms with Gasteiger partial charge in [-0.15, -0.1) is 0 Å². The fraction of sp³-hybridized carbons (Fsp3) is 0.529. The van der Waals surface area contributed by atoms with Gasteiger partial charge in [0.2, 0.25) is 0 Å².